The van der Waals surface area contributed by atoms with Crippen LogP contribution in [0.2, 0.25) is 5.15 Å². The first kappa shape index (κ1) is 16.9. The molecule has 0 bridgehead atoms. The number of amides is 2. The number of pyridine rings is 1. The summed E-state index contributed by atoms with van der Waals surface area (Å²) in [5.74, 6) is -0.469. The fourth-order valence-corrected chi connectivity index (χ4v) is 1.97. The second kappa shape index (κ2) is 7.04. The molecule has 0 atom stereocenters. The van der Waals surface area contributed by atoms with E-state index in [1.54, 1.807) is 6.07 Å². The van der Waals surface area contributed by atoms with Crippen LogP contribution in [0, 0.1) is 0 Å². The molecule has 0 saturated carbocycles. The molecule has 1 rings (SSSR count). The van der Waals surface area contributed by atoms with Crippen molar-refractivity contribution in [2.45, 2.75) is 32.7 Å². The summed E-state index contributed by atoms with van der Waals surface area (Å²) in [4.78, 5) is 27.4. The summed E-state index contributed by atoms with van der Waals surface area (Å²) in [6.07, 6.45) is 1.72. The third kappa shape index (κ3) is 5.88. The zero-order chi connectivity index (χ0) is 15.3. The van der Waals surface area contributed by atoms with Crippen molar-refractivity contribution in [3.63, 3.8) is 0 Å². The molecule has 0 fully saturated rings. The lowest BCUT2D eigenvalue weighted by Gasteiger charge is -2.20. The molecule has 0 aliphatic rings. The normalized spacial score (nSPS) is 11.1. The van der Waals surface area contributed by atoms with E-state index < -0.39 is 0 Å². The lowest BCUT2D eigenvalue weighted by molar-refractivity contribution is -0.122. The fourth-order valence-electron chi connectivity index (χ4n) is 1.45. The smallest absolute Gasteiger partial charge is 0.254 e. The largest absolute Gasteiger partial charge is 0.351 e. The molecule has 2 amide bonds. The third-order valence-electron chi connectivity index (χ3n) is 2.20. The molecule has 2 N–H and O–H groups in total. The average molecular weight is 363 g/mol. The number of nitrogens with one attached hydrogen (secondary N) is 2. The van der Waals surface area contributed by atoms with E-state index >= 15 is 0 Å². The summed E-state index contributed by atoms with van der Waals surface area (Å²) in [7, 11) is 0. The van der Waals surface area contributed by atoms with Gasteiger partial charge in [0.15, 0.2) is 0 Å². The summed E-state index contributed by atoms with van der Waals surface area (Å²) < 4.78 is 0.664. The first-order valence-corrected chi connectivity index (χ1v) is 7.26. The van der Waals surface area contributed by atoms with Crippen LogP contribution in [0.3, 0.4) is 0 Å². The summed E-state index contributed by atoms with van der Waals surface area (Å²) in [6, 6.07) is 1.58. The number of nitrogens with zero attached hydrogens (tertiary/aromatic N) is 1. The minimum absolute atomic E-state index is 0.115. The van der Waals surface area contributed by atoms with Gasteiger partial charge in [0.2, 0.25) is 5.91 Å². The Kier molecular flexibility index (Phi) is 5.95. The van der Waals surface area contributed by atoms with Crippen molar-refractivity contribution in [2.75, 3.05) is 6.54 Å². The highest BCUT2D eigenvalue weighted by molar-refractivity contribution is 9.10. The van der Waals surface area contributed by atoms with Crippen LogP contribution in [-0.4, -0.2) is 28.9 Å². The Morgan fingerprint density at radius 2 is 2.05 bits per heavy atom. The van der Waals surface area contributed by atoms with Gasteiger partial charge >= 0.3 is 0 Å². The maximum atomic E-state index is 11.9. The molecule has 0 aliphatic heterocycles. The van der Waals surface area contributed by atoms with E-state index in [-0.39, 0.29) is 41.0 Å². The molecule has 5 nitrogen and oxygen atoms in total. The lowest BCUT2D eigenvalue weighted by atomic mass is 10.1. The first-order valence-electron chi connectivity index (χ1n) is 6.09. The lowest BCUT2D eigenvalue weighted by Crippen LogP contribution is -2.42. The molecule has 20 heavy (non-hydrogen) atoms. The predicted molar refractivity (Wildman–Crippen MR) is 81.8 cm³/mol. The molecule has 7 heteroatoms. The maximum absolute atomic E-state index is 11.9. The Bertz CT molecular complexity index is 515. The van der Waals surface area contributed by atoms with Crippen molar-refractivity contribution in [2.24, 2.45) is 0 Å². The van der Waals surface area contributed by atoms with Crippen LogP contribution in [0.25, 0.3) is 0 Å². The van der Waals surface area contributed by atoms with E-state index in [2.05, 4.69) is 31.5 Å². The highest BCUT2D eigenvalue weighted by Gasteiger charge is 2.15. The van der Waals surface area contributed by atoms with Gasteiger partial charge in [0.1, 0.15) is 5.15 Å². The zero-order valence-corrected chi connectivity index (χ0v) is 13.9. The van der Waals surface area contributed by atoms with Crippen LogP contribution in [0.4, 0.5) is 0 Å². The molecular formula is C13H17BrClN3O2. The number of carbonyl (C=O) groups is 2. The molecule has 0 unspecified atom stereocenters. The topological polar surface area (TPSA) is 71.1 Å². The van der Waals surface area contributed by atoms with Crippen LogP contribution >= 0.6 is 27.5 Å². The highest BCUT2D eigenvalue weighted by Crippen LogP contribution is 2.17. The van der Waals surface area contributed by atoms with Gasteiger partial charge in [0.05, 0.1) is 5.56 Å². The molecule has 0 spiro atoms. The van der Waals surface area contributed by atoms with Gasteiger partial charge in [0.25, 0.3) is 5.91 Å². The predicted octanol–water partition coefficient (Wildman–Crippen LogP) is 2.53. The van der Waals surface area contributed by atoms with E-state index in [1.807, 2.05) is 20.8 Å². The monoisotopic (exact) mass is 361 g/mol. The van der Waals surface area contributed by atoms with Gasteiger partial charge < -0.3 is 10.6 Å². The Hall–Kier alpha value is -1.14. The van der Waals surface area contributed by atoms with Crippen molar-refractivity contribution in [1.29, 1.82) is 0 Å². The van der Waals surface area contributed by atoms with E-state index in [4.69, 9.17) is 11.6 Å². The Morgan fingerprint density at radius 1 is 1.40 bits per heavy atom. The van der Waals surface area contributed by atoms with Gasteiger partial charge in [-0.3, -0.25) is 9.59 Å². The summed E-state index contributed by atoms with van der Waals surface area (Å²) in [6.45, 7) is 5.94. The van der Waals surface area contributed by atoms with Gasteiger partial charge in [0, 0.05) is 29.2 Å². The van der Waals surface area contributed by atoms with Crippen LogP contribution in [0.1, 0.15) is 37.6 Å². The van der Waals surface area contributed by atoms with E-state index in [9.17, 15) is 9.59 Å². The number of aromatic nitrogens is 1. The first-order chi connectivity index (χ1) is 9.19. The maximum Gasteiger partial charge on any atom is 0.254 e. The molecule has 0 saturated heterocycles. The number of halogens is 2. The Labute approximate surface area is 131 Å². The van der Waals surface area contributed by atoms with Gasteiger partial charge in [-0.25, -0.2) is 4.98 Å². The minimum Gasteiger partial charge on any atom is -0.351 e. The van der Waals surface area contributed by atoms with Crippen molar-refractivity contribution in [3.05, 3.63) is 27.5 Å². The molecule has 1 aromatic rings. The van der Waals surface area contributed by atoms with Gasteiger partial charge in [-0.1, -0.05) is 11.6 Å². The van der Waals surface area contributed by atoms with Crippen LogP contribution in [0.15, 0.2) is 16.7 Å². The zero-order valence-electron chi connectivity index (χ0n) is 11.6. The summed E-state index contributed by atoms with van der Waals surface area (Å²) in [5, 5.41) is 5.59. The second-order valence-electron chi connectivity index (χ2n) is 5.30. The SMILES string of the molecule is CC(C)(C)NC(=O)CCNC(=O)c1cc(Br)cnc1Cl. The molecular weight excluding hydrogens is 346 g/mol. The highest BCUT2D eigenvalue weighted by atomic mass is 79.9. The molecule has 0 aromatic carbocycles. The van der Waals surface area contributed by atoms with Gasteiger partial charge in [-0.2, -0.15) is 0 Å². The van der Waals surface area contributed by atoms with Crippen molar-refractivity contribution in [3.8, 4) is 0 Å². The Balaban J connectivity index is 2.48. The molecule has 1 heterocycles. The fraction of sp³-hybridized carbons (Fsp3) is 0.462. The molecule has 0 radical (unpaired) electrons. The second-order valence-corrected chi connectivity index (χ2v) is 6.57. The van der Waals surface area contributed by atoms with Crippen LogP contribution in [-0.2, 0) is 4.79 Å². The molecule has 110 valence electrons. The van der Waals surface area contributed by atoms with Gasteiger partial charge in [-0.15, -0.1) is 0 Å². The van der Waals surface area contributed by atoms with Crippen LogP contribution < -0.4 is 10.6 Å². The average Bonchev–Trinajstić information content (AvgIpc) is 2.29. The van der Waals surface area contributed by atoms with E-state index in [0.29, 0.717) is 4.47 Å². The van der Waals surface area contributed by atoms with Crippen molar-refractivity contribution >= 4 is 39.3 Å². The van der Waals surface area contributed by atoms with Crippen molar-refractivity contribution in [1.82, 2.24) is 15.6 Å². The quantitative estimate of drug-likeness (QED) is 0.809. The van der Waals surface area contributed by atoms with E-state index in [1.165, 1.54) is 6.20 Å². The number of rotatable bonds is 4. The summed E-state index contributed by atoms with van der Waals surface area (Å²) >= 11 is 9.07. The van der Waals surface area contributed by atoms with Crippen molar-refractivity contribution < 1.29 is 9.59 Å². The third-order valence-corrected chi connectivity index (χ3v) is 2.94. The molecule has 0 aliphatic carbocycles. The number of hydrogen-bond acceptors (Lipinski definition) is 3. The number of hydrogen-bond donors (Lipinski definition) is 2. The van der Waals surface area contributed by atoms with Crippen LogP contribution in [0.5, 0.6) is 0 Å². The van der Waals surface area contributed by atoms with E-state index in [0.717, 1.165) is 0 Å². The number of carbonyl (C=O) groups excluding carboxylic acids is 2. The van der Waals surface area contributed by atoms with Gasteiger partial charge in [-0.05, 0) is 42.8 Å². The Morgan fingerprint density at radius 3 is 2.65 bits per heavy atom. The molecule has 1 aromatic heterocycles. The minimum atomic E-state index is -0.354. The summed E-state index contributed by atoms with van der Waals surface area (Å²) in [5.41, 5.74) is -0.00390. The standard InChI is InChI=1S/C13H17BrClN3O2/c1-13(2,3)18-10(19)4-5-16-12(20)9-6-8(14)7-17-11(9)15/h6-7H,4-5H2,1-3H3,(H,16,20)(H,18,19).